The van der Waals surface area contributed by atoms with Gasteiger partial charge in [0.05, 0.1) is 17.2 Å². The number of nitrogens with one attached hydrogen (secondary N) is 2. The van der Waals surface area contributed by atoms with Gasteiger partial charge in [0.1, 0.15) is 0 Å². The Hall–Kier alpha value is -3.13. The second-order valence-electron chi connectivity index (χ2n) is 6.02. The molecule has 0 aliphatic carbocycles. The number of benzene rings is 2. The van der Waals surface area contributed by atoms with Gasteiger partial charge in [0.2, 0.25) is 5.91 Å². The third-order valence-electron chi connectivity index (χ3n) is 3.72. The molecule has 2 aromatic carbocycles. The molecular formula is C20H22N2O5S. The van der Waals surface area contributed by atoms with Gasteiger partial charge in [0, 0.05) is 17.8 Å². The molecule has 0 fully saturated rings. The molecule has 0 aromatic heterocycles. The summed E-state index contributed by atoms with van der Waals surface area (Å²) in [4.78, 5) is 23.0. The van der Waals surface area contributed by atoms with Crippen molar-refractivity contribution in [1.82, 2.24) is 0 Å². The van der Waals surface area contributed by atoms with Crippen molar-refractivity contribution in [3.63, 3.8) is 0 Å². The Morgan fingerprint density at radius 2 is 1.71 bits per heavy atom. The van der Waals surface area contributed by atoms with Crippen LogP contribution in [0, 0.1) is 13.8 Å². The van der Waals surface area contributed by atoms with Crippen LogP contribution in [0.15, 0.2) is 59.5 Å². The van der Waals surface area contributed by atoms with Crippen LogP contribution in [0.5, 0.6) is 0 Å². The fourth-order valence-corrected chi connectivity index (χ4v) is 3.50. The first-order valence-corrected chi connectivity index (χ1v) is 10.1. The summed E-state index contributed by atoms with van der Waals surface area (Å²) in [5.74, 6) is -1.14. The van der Waals surface area contributed by atoms with Crippen LogP contribution in [0.25, 0.3) is 0 Å². The van der Waals surface area contributed by atoms with Crippen LogP contribution in [-0.4, -0.2) is 26.9 Å². The average molecular weight is 402 g/mol. The van der Waals surface area contributed by atoms with E-state index in [1.807, 2.05) is 26.0 Å². The zero-order chi connectivity index (χ0) is 20.7. The molecule has 148 valence electrons. The van der Waals surface area contributed by atoms with Crippen LogP contribution in [0.1, 0.15) is 18.1 Å². The summed E-state index contributed by atoms with van der Waals surface area (Å²) in [5, 5.41) is 2.53. The van der Waals surface area contributed by atoms with Gasteiger partial charge in [0.25, 0.3) is 10.0 Å². The molecule has 0 bridgehead atoms. The summed E-state index contributed by atoms with van der Waals surface area (Å²) < 4.78 is 32.3. The smallest absolute Gasteiger partial charge is 0.330 e. The Balaban J connectivity index is 2.06. The molecule has 2 N–H and O–H groups in total. The molecule has 0 aliphatic rings. The van der Waals surface area contributed by atoms with E-state index < -0.39 is 21.9 Å². The fourth-order valence-electron chi connectivity index (χ4n) is 2.37. The molecule has 0 radical (unpaired) electrons. The van der Waals surface area contributed by atoms with E-state index in [2.05, 4.69) is 14.8 Å². The van der Waals surface area contributed by atoms with E-state index in [1.165, 1.54) is 24.3 Å². The molecule has 7 nitrogen and oxygen atoms in total. The summed E-state index contributed by atoms with van der Waals surface area (Å²) in [5.41, 5.74) is 2.76. The quantitative estimate of drug-likeness (QED) is 0.547. The molecular weight excluding hydrogens is 380 g/mol. The number of esters is 1. The highest BCUT2D eigenvalue weighted by Crippen LogP contribution is 2.21. The zero-order valence-electron chi connectivity index (χ0n) is 15.9. The first kappa shape index (κ1) is 21.2. The van der Waals surface area contributed by atoms with Crippen molar-refractivity contribution in [3.05, 3.63) is 65.7 Å². The fraction of sp³-hybridized carbons (Fsp3) is 0.200. The van der Waals surface area contributed by atoms with Gasteiger partial charge in [-0.1, -0.05) is 17.7 Å². The van der Waals surface area contributed by atoms with Crippen molar-refractivity contribution in [2.24, 2.45) is 0 Å². The molecule has 0 unspecified atom stereocenters. The Bertz CT molecular complexity index is 996. The van der Waals surface area contributed by atoms with Crippen molar-refractivity contribution >= 4 is 33.3 Å². The van der Waals surface area contributed by atoms with Gasteiger partial charge in [-0.25, -0.2) is 13.2 Å². The van der Waals surface area contributed by atoms with Crippen molar-refractivity contribution < 1.29 is 22.7 Å². The lowest BCUT2D eigenvalue weighted by Crippen LogP contribution is -2.14. The molecule has 28 heavy (non-hydrogen) atoms. The van der Waals surface area contributed by atoms with E-state index in [0.717, 1.165) is 23.3 Å². The lowest BCUT2D eigenvalue weighted by Gasteiger charge is -2.11. The number of ether oxygens (including phenoxy) is 1. The van der Waals surface area contributed by atoms with E-state index in [1.54, 1.807) is 13.0 Å². The van der Waals surface area contributed by atoms with Crippen LogP contribution >= 0.6 is 0 Å². The zero-order valence-corrected chi connectivity index (χ0v) is 16.7. The van der Waals surface area contributed by atoms with Crippen LogP contribution in [0.2, 0.25) is 0 Å². The van der Waals surface area contributed by atoms with E-state index in [0.29, 0.717) is 11.4 Å². The molecule has 1 amide bonds. The number of aryl methyl sites for hydroxylation is 2. The lowest BCUT2D eigenvalue weighted by atomic mass is 10.1. The number of rotatable bonds is 7. The molecule has 0 spiro atoms. The summed E-state index contributed by atoms with van der Waals surface area (Å²) in [7, 11) is -3.76. The van der Waals surface area contributed by atoms with Crippen LogP contribution < -0.4 is 10.0 Å². The summed E-state index contributed by atoms with van der Waals surface area (Å²) in [6, 6.07) is 11.1. The molecule has 2 rings (SSSR count). The van der Waals surface area contributed by atoms with Gasteiger partial charge >= 0.3 is 5.97 Å². The number of anilines is 2. The van der Waals surface area contributed by atoms with Gasteiger partial charge in [-0.15, -0.1) is 0 Å². The minimum absolute atomic E-state index is 0.0625. The monoisotopic (exact) mass is 402 g/mol. The number of sulfonamides is 1. The van der Waals surface area contributed by atoms with Crippen LogP contribution in [0.3, 0.4) is 0 Å². The largest absolute Gasteiger partial charge is 0.463 e. The molecule has 0 saturated carbocycles. The molecule has 2 aromatic rings. The van der Waals surface area contributed by atoms with Crippen LogP contribution in [-0.2, 0) is 24.3 Å². The third kappa shape index (κ3) is 5.95. The van der Waals surface area contributed by atoms with Gasteiger partial charge in [-0.2, -0.15) is 0 Å². The summed E-state index contributed by atoms with van der Waals surface area (Å²) in [6.07, 6.45) is 2.07. The van der Waals surface area contributed by atoms with Crippen molar-refractivity contribution in [2.75, 3.05) is 16.6 Å². The Morgan fingerprint density at radius 3 is 2.32 bits per heavy atom. The average Bonchev–Trinajstić information content (AvgIpc) is 2.63. The predicted octanol–water partition coefficient (Wildman–Crippen LogP) is 3.16. The number of carbonyl (C=O) groups is 2. The predicted molar refractivity (Wildman–Crippen MR) is 108 cm³/mol. The summed E-state index contributed by atoms with van der Waals surface area (Å²) in [6.45, 7) is 5.64. The van der Waals surface area contributed by atoms with Gasteiger partial charge in [0.15, 0.2) is 0 Å². The molecule has 0 heterocycles. The van der Waals surface area contributed by atoms with Gasteiger partial charge in [-0.3, -0.25) is 9.52 Å². The van der Waals surface area contributed by atoms with Crippen molar-refractivity contribution in [1.29, 1.82) is 0 Å². The SMILES string of the molecule is CCOC(=O)/C=C/C(=O)Nc1ccc(S(=O)(=O)Nc2ccc(C)cc2C)cc1. The van der Waals surface area contributed by atoms with E-state index in [-0.39, 0.29) is 11.5 Å². The van der Waals surface area contributed by atoms with Gasteiger partial charge < -0.3 is 10.1 Å². The minimum atomic E-state index is -3.76. The van der Waals surface area contributed by atoms with Crippen molar-refractivity contribution in [2.45, 2.75) is 25.7 Å². The van der Waals surface area contributed by atoms with Gasteiger partial charge in [-0.05, 0) is 56.7 Å². The third-order valence-corrected chi connectivity index (χ3v) is 5.10. The second kappa shape index (κ2) is 9.18. The second-order valence-corrected chi connectivity index (χ2v) is 7.71. The lowest BCUT2D eigenvalue weighted by molar-refractivity contribution is -0.137. The Labute approximate surface area is 164 Å². The standard InChI is InChI=1S/C20H22N2O5S/c1-4-27-20(24)12-11-19(23)21-16-6-8-17(9-7-16)28(25,26)22-18-10-5-14(2)13-15(18)3/h5-13,22H,4H2,1-3H3,(H,21,23)/b12-11+. The van der Waals surface area contributed by atoms with E-state index in [4.69, 9.17) is 0 Å². The molecule has 0 saturated heterocycles. The van der Waals surface area contributed by atoms with Crippen LogP contribution in [0.4, 0.5) is 11.4 Å². The molecule has 0 atom stereocenters. The summed E-state index contributed by atoms with van der Waals surface area (Å²) >= 11 is 0. The maximum Gasteiger partial charge on any atom is 0.330 e. The number of hydrogen-bond acceptors (Lipinski definition) is 5. The highest BCUT2D eigenvalue weighted by molar-refractivity contribution is 7.92. The van der Waals surface area contributed by atoms with Crippen molar-refractivity contribution in [3.8, 4) is 0 Å². The molecule has 8 heteroatoms. The highest BCUT2D eigenvalue weighted by atomic mass is 32.2. The minimum Gasteiger partial charge on any atom is -0.463 e. The normalized spacial score (nSPS) is 11.2. The first-order chi connectivity index (χ1) is 13.2. The van der Waals surface area contributed by atoms with E-state index >= 15 is 0 Å². The topological polar surface area (TPSA) is 102 Å². The highest BCUT2D eigenvalue weighted by Gasteiger charge is 2.15. The Morgan fingerprint density at radius 1 is 1.04 bits per heavy atom. The Kier molecular flexibility index (Phi) is 6.94. The molecule has 0 aliphatic heterocycles. The number of hydrogen-bond donors (Lipinski definition) is 2. The maximum atomic E-state index is 12.6. The first-order valence-electron chi connectivity index (χ1n) is 8.57. The van der Waals surface area contributed by atoms with E-state index in [9.17, 15) is 18.0 Å². The number of carbonyl (C=O) groups excluding carboxylic acids is 2. The number of amides is 1. The maximum absolute atomic E-state index is 12.6.